The Morgan fingerprint density at radius 1 is 1.33 bits per heavy atom. The third-order valence-corrected chi connectivity index (χ3v) is 4.97. The van der Waals surface area contributed by atoms with Crippen molar-refractivity contribution in [1.29, 1.82) is 0 Å². The van der Waals surface area contributed by atoms with E-state index in [1.165, 1.54) is 5.56 Å². The SMILES string of the molecule is Cl.O=C(C1CCc2cn[nH]c2C1)N1CCNCC1c1cccnc1. The molecule has 2 unspecified atom stereocenters. The van der Waals surface area contributed by atoms with Crippen molar-refractivity contribution in [2.75, 3.05) is 19.6 Å². The van der Waals surface area contributed by atoms with Gasteiger partial charge < -0.3 is 10.2 Å². The fourth-order valence-corrected chi connectivity index (χ4v) is 3.69. The average molecular weight is 348 g/mol. The predicted molar refractivity (Wildman–Crippen MR) is 92.9 cm³/mol. The Labute approximate surface area is 147 Å². The monoisotopic (exact) mass is 347 g/mol. The summed E-state index contributed by atoms with van der Waals surface area (Å²) in [4.78, 5) is 19.4. The molecule has 0 radical (unpaired) electrons. The Kier molecular flexibility index (Phi) is 5.16. The van der Waals surface area contributed by atoms with Gasteiger partial charge in [-0.25, -0.2) is 0 Å². The Balaban J connectivity index is 0.00000169. The summed E-state index contributed by atoms with van der Waals surface area (Å²) in [7, 11) is 0. The van der Waals surface area contributed by atoms with E-state index in [0.29, 0.717) is 0 Å². The lowest BCUT2D eigenvalue weighted by Crippen LogP contribution is -2.51. The maximum Gasteiger partial charge on any atom is 0.226 e. The van der Waals surface area contributed by atoms with Crippen LogP contribution in [0.5, 0.6) is 0 Å². The van der Waals surface area contributed by atoms with Gasteiger partial charge in [0.2, 0.25) is 5.91 Å². The molecule has 1 fully saturated rings. The average Bonchev–Trinajstić information content (AvgIpc) is 3.09. The normalized spacial score (nSPS) is 23.2. The number of hydrogen-bond donors (Lipinski definition) is 2. The molecule has 2 N–H and O–H groups in total. The molecule has 1 saturated heterocycles. The fourth-order valence-electron chi connectivity index (χ4n) is 3.69. The first kappa shape index (κ1) is 16.9. The molecule has 24 heavy (non-hydrogen) atoms. The van der Waals surface area contributed by atoms with Crippen LogP contribution in [0.3, 0.4) is 0 Å². The van der Waals surface area contributed by atoms with Gasteiger partial charge in [-0.15, -0.1) is 12.4 Å². The summed E-state index contributed by atoms with van der Waals surface area (Å²) in [5, 5.41) is 10.5. The maximum absolute atomic E-state index is 13.1. The van der Waals surface area contributed by atoms with Gasteiger partial charge in [-0.1, -0.05) is 6.07 Å². The molecule has 2 aromatic heterocycles. The third kappa shape index (κ3) is 3.16. The van der Waals surface area contributed by atoms with Gasteiger partial charge in [0.05, 0.1) is 12.2 Å². The first-order valence-corrected chi connectivity index (χ1v) is 8.25. The fraction of sp³-hybridized carbons (Fsp3) is 0.471. The van der Waals surface area contributed by atoms with Crippen molar-refractivity contribution >= 4 is 18.3 Å². The number of amides is 1. The van der Waals surface area contributed by atoms with Gasteiger partial charge in [0.1, 0.15) is 0 Å². The number of H-pyrrole nitrogens is 1. The number of piperazine rings is 1. The van der Waals surface area contributed by atoms with E-state index in [1.807, 2.05) is 23.4 Å². The Morgan fingerprint density at radius 2 is 2.25 bits per heavy atom. The van der Waals surface area contributed by atoms with Crippen LogP contribution in [0.4, 0.5) is 0 Å². The largest absolute Gasteiger partial charge is 0.333 e. The number of aromatic nitrogens is 3. The summed E-state index contributed by atoms with van der Waals surface area (Å²) in [6.07, 6.45) is 8.15. The molecule has 2 aliphatic rings. The molecule has 4 rings (SSSR count). The van der Waals surface area contributed by atoms with E-state index in [1.54, 1.807) is 6.20 Å². The number of nitrogens with one attached hydrogen (secondary N) is 2. The van der Waals surface area contributed by atoms with E-state index in [2.05, 4.69) is 26.6 Å². The van der Waals surface area contributed by atoms with Crippen molar-refractivity contribution < 1.29 is 4.79 Å². The highest BCUT2D eigenvalue weighted by Gasteiger charge is 2.34. The van der Waals surface area contributed by atoms with Gasteiger partial charge in [0.15, 0.2) is 0 Å². The van der Waals surface area contributed by atoms with E-state index < -0.39 is 0 Å². The summed E-state index contributed by atoms with van der Waals surface area (Å²) in [6.45, 7) is 2.40. The number of pyridine rings is 1. The molecular formula is C17H22ClN5O. The van der Waals surface area contributed by atoms with E-state index in [0.717, 1.165) is 50.2 Å². The molecule has 1 amide bonds. The summed E-state index contributed by atoms with van der Waals surface area (Å²) in [5.74, 6) is 0.320. The van der Waals surface area contributed by atoms with Crippen LogP contribution in [0.25, 0.3) is 0 Å². The number of carbonyl (C=O) groups is 1. The zero-order valence-corrected chi connectivity index (χ0v) is 14.3. The standard InChI is InChI=1S/C17H21N5O.ClH/c23-17(12-3-4-13-10-20-21-15(13)8-12)22-7-6-19-11-16(22)14-2-1-5-18-9-14;/h1-2,5,9-10,12,16,19H,3-4,6-8,11H2,(H,20,21);1H. The summed E-state index contributed by atoms with van der Waals surface area (Å²) in [6, 6.07) is 4.07. The van der Waals surface area contributed by atoms with Crippen molar-refractivity contribution in [3.05, 3.63) is 47.5 Å². The zero-order valence-electron chi connectivity index (χ0n) is 13.4. The van der Waals surface area contributed by atoms with Crippen molar-refractivity contribution in [2.24, 2.45) is 5.92 Å². The molecule has 7 heteroatoms. The molecule has 3 heterocycles. The molecule has 0 spiro atoms. The number of fused-ring (bicyclic) bond motifs is 1. The quantitative estimate of drug-likeness (QED) is 0.863. The van der Waals surface area contributed by atoms with Crippen molar-refractivity contribution in [3.8, 4) is 0 Å². The van der Waals surface area contributed by atoms with E-state index in [-0.39, 0.29) is 30.3 Å². The lowest BCUT2D eigenvalue weighted by Gasteiger charge is -2.39. The molecule has 0 aromatic carbocycles. The molecule has 2 aromatic rings. The van der Waals surface area contributed by atoms with Crippen molar-refractivity contribution in [1.82, 2.24) is 25.4 Å². The number of hydrogen-bond acceptors (Lipinski definition) is 4. The van der Waals surface area contributed by atoms with E-state index >= 15 is 0 Å². The van der Waals surface area contributed by atoms with Gasteiger partial charge in [-0.3, -0.25) is 14.9 Å². The van der Waals surface area contributed by atoms with Gasteiger partial charge in [-0.05, 0) is 30.0 Å². The number of rotatable bonds is 2. The van der Waals surface area contributed by atoms with E-state index in [9.17, 15) is 4.79 Å². The van der Waals surface area contributed by atoms with Crippen LogP contribution in [0.15, 0.2) is 30.7 Å². The van der Waals surface area contributed by atoms with Crippen molar-refractivity contribution in [3.63, 3.8) is 0 Å². The molecule has 1 aliphatic heterocycles. The smallest absolute Gasteiger partial charge is 0.226 e. The topological polar surface area (TPSA) is 73.9 Å². The second-order valence-electron chi connectivity index (χ2n) is 6.35. The van der Waals surface area contributed by atoms with Gasteiger partial charge >= 0.3 is 0 Å². The Morgan fingerprint density at radius 3 is 3.08 bits per heavy atom. The first-order valence-electron chi connectivity index (χ1n) is 8.25. The molecular weight excluding hydrogens is 326 g/mol. The van der Waals surface area contributed by atoms with Crippen LogP contribution < -0.4 is 5.32 Å². The second-order valence-corrected chi connectivity index (χ2v) is 6.35. The summed E-state index contributed by atoms with van der Waals surface area (Å²) < 4.78 is 0. The maximum atomic E-state index is 13.1. The Hall–Kier alpha value is -1.92. The number of nitrogens with zero attached hydrogens (tertiary/aromatic N) is 3. The van der Waals surface area contributed by atoms with Crippen molar-refractivity contribution in [2.45, 2.75) is 25.3 Å². The number of carbonyl (C=O) groups excluding carboxylic acids is 1. The Bertz CT molecular complexity index is 689. The summed E-state index contributed by atoms with van der Waals surface area (Å²) >= 11 is 0. The van der Waals surface area contributed by atoms with Gasteiger partial charge in [0.25, 0.3) is 0 Å². The number of aromatic amines is 1. The van der Waals surface area contributed by atoms with Crippen LogP contribution in [-0.2, 0) is 17.6 Å². The van der Waals surface area contributed by atoms with Crippen LogP contribution >= 0.6 is 12.4 Å². The number of halogens is 1. The molecule has 0 saturated carbocycles. The lowest BCUT2D eigenvalue weighted by molar-refractivity contribution is -0.139. The predicted octanol–water partition coefficient (Wildman–Crippen LogP) is 1.50. The third-order valence-electron chi connectivity index (χ3n) is 4.97. The molecule has 128 valence electrons. The first-order chi connectivity index (χ1) is 11.3. The highest BCUT2D eigenvalue weighted by molar-refractivity contribution is 5.85. The van der Waals surface area contributed by atoms with Gasteiger partial charge in [-0.2, -0.15) is 5.10 Å². The minimum absolute atomic E-state index is 0. The minimum Gasteiger partial charge on any atom is -0.333 e. The minimum atomic E-state index is 0. The highest BCUT2D eigenvalue weighted by Crippen LogP contribution is 2.29. The molecule has 1 aliphatic carbocycles. The lowest BCUT2D eigenvalue weighted by atomic mass is 9.86. The van der Waals surface area contributed by atoms with Crippen LogP contribution in [0.1, 0.15) is 29.3 Å². The molecule has 2 atom stereocenters. The molecule has 6 nitrogen and oxygen atoms in total. The van der Waals surface area contributed by atoms with Crippen LogP contribution in [0, 0.1) is 5.92 Å². The number of aryl methyl sites for hydroxylation is 1. The van der Waals surface area contributed by atoms with Crippen LogP contribution in [0.2, 0.25) is 0 Å². The summed E-state index contributed by atoms with van der Waals surface area (Å²) in [5.41, 5.74) is 3.49. The molecule has 0 bridgehead atoms. The van der Waals surface area contributed by atoms with E-state index in [4.69, 9.17) is 0 Å². The van der Waals surface area contributed by atoms with Crippen LogP contribution in [-0.4, -0.2) is 45.6 Å². The zero-order chi connectivity index (χ0) is 15.6. The second kappa shape index (κ2) is 7.32. The highest BCUT2D eigenvalue weighted by atomic mass is 35.5. The van der Waals surface area contributed by atoms with Gasteiger partial charge in [0, 0.05) is 50.1 Å².